The maximum Gasteiger partial charge on any atom is 0.151 e. The molecule has 2 aliphatic rings. The summed E-state index contributed by atoms with van der Waals surface area (Å²) < 4.78 is 13.9. The summed E-state index contributed by atoms with van der Waals surface area (Å²) in [6.45, 7) is 5.08. The van der Waals surface area contributed by atoms with Crippen LogP contribution in [0.1, 0.15) is 12.0 Å². The second-order valence-electron chi connectivity index (χ2n) is 10.5. The second-order valence-corrected chi connectivity index (χ2v) is 11.5. The number of fused-ring (bicyclic) bond motifs is 1. The van der Waals surface area contributed by atoms with E-state index in [1.807, 2.05) is 36.5 Å². The molecule has 0 bridgehead atoms. The van der Waals surface area contributed by atoms with Crippen LogP contribution in [0.5, 0.6) is 5.75 Å². The lowest BCUT2D eigenvalue weighted by Gasteiger charge is -2.28. The third-order valence-electron chi connectivity index (χ3n) is 7.86. The lowest BCUT2D eigenvalue weighted by Crippen LogP contribution is -2.36. The van der Waals surface area contributed by atoms with Crippen molar-refractivity contribution < 1.29 is 9.47 Å². The quantitative estimate of drug-likeness (QED) is 0.242. The van der Waals surface area contributed by atoms with E-state index in [1.54, 1.807) is 11.9 Å². The number of anilines is 1. The molecular formula is C34H31N5O2S. The number of rotatable bonds is 7. The molecule has 7 rings (SSSR count). The van der Waals surface area contributed by atoms with Gasteiger partial charge in [0.15, 0.2) is 5.65 Å². The zero-order valence-electron chi connectivity index (χ0n) is 23.2. The lowest BCUT2D eigenvalue weighted by molar-refractivity contribution is 0.122. The number of nitrogens with zero attached hydrogens (tertiary/aromatic N) is 4. The van der Waals surface area contributed by atoms with Gasteiger partial charge in [0, 0.05) is 41.8 Å². The Morgan fingerprint density at radius 3 is 2.52 bits per heavy atom. The SMILES string of the molecule is N#Cc1cc(-c2ccnc3c2cc(-c2ccc(N4CCOCC4)cc2)n3Sc2ccccc2)ccc1OC1CCNC1. The monoisotopic (exact) mass is 573 g/mol. The Bertz CT molecular complexity index is 1730. The Labute approximate surface area is 249 Å². The van der Waals surface area contributed by atoms with Crippen LogP contribution in [0.3, 0.4) is 0 Å². The van der Waals surface area contributed by atoms with Gasteiger partial charge in [-0.3, -0.25) is 3.97 Å². The number of hydrogen-bond acceptors (Lipinski definition) is 7. The Balaban J connectivity index is 1.30. The Hall–Kier alpha value is -4.29. The van der Waals surface area contributed by atoms with Crippen LogP contribution < -0.4 is 15.0 Å². The molecule has 0 amide bonds. The Morgan fingerprint density at radius 1 is 0.952 bits per heavy atom. The number of aromatic nitrogens is 2. The van der Waals surface area contributed by atoms with Crippen molar-refractivity contribution in [1.29, 1.82) is 5.26 Å². The van der Waals surface area contributed by atoms with E-state index in [1.165, 1.54) is 5.69 Å². The minimum absolute atomic E-state index is 0.0943. The molecule has 5 aromatic rings. The van der Waals surface area contributed by atoms with Gasteiger partial charge in [-0.1, -0.05) is 36.4 Å². The van der Waals surface area contributed by atoms with E-state index in [0.29, 0.717) is 11.3 Å². The van der Waals surface area contributed by atoms with Crippen molar-refractivity contribution in [3.63, 3.8) is 0 Å². The first-order valence-corrected chi connectivity index (χ1v) is 15.1. The zero-order valence-corrected chi connectivity index (χ0v) is 24.0. The van der Waals surface area contributed by atoms with Crippen molar-refractivity contribution in [3.8, 4) is 34.2 Å². The highest BCUT2D eigenvalue weighted by Gasteiger charge is 2.20. The highest BCUT2D eigenvalue weighted by molar-refractivity contribution is 7.98. The molecule has 7 nitrogen and oxygen atoms in total. The summed E-state index contributed by atoms with van der Waals surface area (Å²) in [4.78, 5) is 8.35. The molecule has 0 spiro atoms. The molecule has 2 saturated heterocycles. The van der Waals surface area contributed by atoms with Crippen LogP contribution in [-0.4, -0.2) is 54.5 Å². The first-order valence-electron chi connectivity index (χ1n) is 14.4. The van der Waals surface area contributed by atoms with Crippen molar-refractivity contribution in [3.05, 3.63) is 96.7 Å². The number of pyridine rings is 1. The van der Waals surface area contributed by atoms with Crippen LogP contribution in [-0.2, 0) is 4.74 Å². The predicted octanol–water partition coefficient (Wildman–Crippen LogP) is 6.37. The third-order valence-corrected chi connectivity index (χ3v) is 8.90. The van der Waals surface area contributed by atoms with E-state index in [0.717, 1.165) is 84.1 Å². The van der Waals surface area contributed by atoms with Gasteiger partial charge >= 0.3 is 0 Å². The first kappa shape index (κ1) is 26.6. The van der Waals surface area contributed by atoms with Crippen LogP contribution in [0.2, 0.25) is 0 Å². The number of nitrogens with one attached hydrogen (secondary N) is 1. The average Bonchev–Trinajstić information content (AvgIpc) is 3.70. The summed E-state index contributed by atoms with van der Waals surface area (Å²) in [5.41, 5.74) is 6.81. The van der Waals surface area contributed by atoms with Gasteiger partial charge in [0.25, 0.3) is 0 Å². The van der Waals surface area contributed by atoms with Gasteiger partial charge in [-0.05, 0) is 90.1 Å². The smallest absolute Gasteiger partial charge is 0.151 e. The Kier molecular flexibility index (Phi) is 7.54. The number of hydrogen-bond donors (Lipinski definition) is 1. The molecule has 1 atom stereocenters. The predicted molar refractivity (Wildman–Crippen MR) is 168 cm³/mol. The maximum atomic E-state index is 9.98. The fourth-order valence-corrected chi connectivity index (χ4v) is 6.65. The van der Waals surface area contributed by atoms with Gasteiger partial charge in [0.05, 0.1) is 24.5 Å². The molecule has 1 N–H and O–H groups in total. The lowest BCUT2D eigenvalue weighted by atomic mass is 10.0. The van der Waals surface area contributed by atoms with Crippen LogP contribution in [0, 0.1) is 11.3 Å². The van der Waals surface area contributed by atoms with Gasteiger partial charge < -0.3 is 19.7 Å². The Morgan fingerprint density at radius 2 is 1.76 bits per heavy atom. The minimum Gasteiger partial charge on any atom is -0.488 e. The molecule has 1 unspecified atom stereocenters. The standard InChI is InChI=1S/C34H31N5O2S/c35-22-26-20-25(8-11-33(26)41-28-12-14-36-23-28)30-13-15-37-34-31(30)21-32(39(34)42-29-4-2-1-3-5-29)24-6-9-27(10-7-24)38-16-18-40-19-17-38/h1-11,13,15,20-21,28,36H,12,14,16-19,23H2. The number of benzene rings is 3. The van der Waals surface area contributed by atoms with E-state index < -0.39 is 0 Å². The van der Waals surface area contributed by atoms with Crippen molar-refractivity contribution in [2.24, 2.45) is 0 Å². The van der Waals surface area contributed by atoms with E-state index in [2.05, 4.69) is 74.9 Å². The summed E-state index contributed by atoms with van der Waals surface area (Å²) in [7, 11) is 0. The molecule has 4 heterocycles. The molecule has 3 aromatic carbocycles. The number of nitriles is 1. The average molecular weight is 574 g/mol. The second kappa shape index (κ2) is 11.9. The van der Waals surface area contributed by atoms with Crippen molar-refractivity contribution in [2.75, 3.05) is 44.3 Å². The van der Waals surface area contributed by atoms with Gasteiger partial charge in [-0.2, -0.15) is 5.26 Å². The van der Waals surface area contributed by atoms with Gasteiger partial charge in [0.1, 0.15) is 17.9 Å². The highest BCUT2D eigenvalue weighted by Crippen LogP contribution is 2.39. The molecular weight excluding hydrogens is 542 g/mol. The summed E-state index contributed by atoms with van der Waals surface area (Å²) in [5, 5.41) is 14.3. The van der Waals surface area contributed by atoms with Crippen LogP contribution in [0.15, 0.2) is 96.0 Å². The number of morpholine rings is 1. The normalized spacial score (nSPS) is 16.9. The highest BCUT2D eigenvalue weighted by atomic mass is 32.2. The number of ether oxygens (including phenoxy) is 2. The summed E-state index contributed by atoms with van der Waals surface area (Å²) >= 11 is 1.66. The molecule has 2 aliphatic heterocycles. The maximum absolute atomic E-state index is 9.98. The van der Waals surface area contributed by atoms with E-state index >= 15 is 0 Å². The van der Waals surface area contributed by atoms with Crippen molar-refractivity contribution in [2.45, 2.75) is 17.4 Å². The van der Waals surface area contributed by atoms with Crippen LogP contribution >= 0.6 is 11.9 Å². The zero-order chi connectivity index (χ0) is 28.3. The summed E-state index contributed by atoms with van der Waals surface area (Å²) in [6, 6.07) is 31.7. The van der Waals surface area contributed by atoms with Gasteiger partial charge in [0.2, 0.25) is 0 Å². The molecule has 42 heavy (non-hydrogen) atoms. The molecule has 0 saturated carbocycles. The first-order chi connectivity index (χ1) is 20.8. The fourth-order valence-electron chi connectivity index (χ4n) is 5.67. The molecule has 0 radical (unpaired) electrons. The topological polar surface area (TPSA) is 75.3 Å². The van der Waals surface area contributed by atoms with Crippen LogP contribution in [0.4, 0.5) is 5.69 Å². The van der Waals surface area contributed by atoms with E-state index in [4.69, 9.17) is 14.5 Å². The summed E-state index contributed by atoms with van der Waals surface area (Å²) in [5.74, 6) is 0.638. The molecule has 210 valence electrons. The third kappa shape index (κ3) is 5.35. The molecule has 8 heteroatoms. The van der Waals surface area contributed by atoms with Crippen molar-refractivity contribution >= 4 is 28.7 Å². The van der Waals surface area contributed by atoms with E-state index in [9.17, 15) is 5.26 Å². The molecule has 0 aliphatic carbocycles. The summed E-state index contributed by atoms with van der Waals surface area (Å²) in [6.07, 6.45) is 2.89. The fraction of sp³-hybridized carbons (Fsp3) is 0.235. The molecule has 2 fully saturated rings. The minimum atomic E-state index is 0.0943. The largest absolute Gasteiger partial charge is 0.488 e. The van der Waals surface area contributed by atoms with Gasteiger partial charge in [-0.25, -0.2) is 4.98 Å². The molecule has 2 aromatic heterocycles. The van der Waals surface area contributed by atoms with Gasteiger partial charge in [-0.15, -0.1) is 0 Å². The van der Waals surface area contributed by atoms with Crippen LogP contribution in [0.25, 0.3) is 33.4 Å². The van der Waals surface area contributed by atoms with E-state index in [-0.39, 0.29) is 6.10 Å². The van der Waals surface area contributed by atoms with Crippen molar-refractivity contribution in [1.82, 2.24) is 14.3 Å².